The lowest BCUT2D eigenvalue weighted by molar-refractivity contribution is -0.113. The van der Waals surface area contributed by atoms with Crippen molar-refractivity contribution in [3.05, 3.63) is 94.9 Å². The summed E-state index contributed by atoms with van der Waals surface area (Å²) in [6.45, 7) is 0.457. The number of rotatable bonds is 6. The fourth-order valence-corrected chi connectivity index (χ4v) is 4.32. The van der Waals surface area contributed by atoms with Gasteiger partial charge in [-0.05, 0) is 42.0 Å². The molecule has 1 amide bonds. The molecule has 3 aromatic carbocycles. The van der Waals surface area contributed by atoms with E-state index in [0.717, 1.165) is 28.3 Å². The molecule has 0 saturated carbocycles. The Bertz CT molecular complexity index is 1090. The number of thioether (sulfide) groups is 1. The maximum Gasteiger partial charge on any atom is 0.270 e. The number of hydrogen-bond acceptors (Lipinski definition) is 5. The molecule has 1 saturated heterocycles. The molecule has 0 radical (unpaired) electrons. The normalized spacial score (nSPS) is 15.0. The fraction of sp³-hybridized carbons (Fsp3) is 0.0833. The zero-order valence-electron chi connectivity index (χ0n) is 16.3. The van der Waals surface area contributed by atoms with Crippen LogP contribution in [-0.4, -0.2) is 17.3 Å². The van der Waals surface area contributed by atoms with Gasteiger partial charge in [0.2, 0.25) is 0 Å². The molecule has 0 N–H and O–H groups in total. The highest BCUT2D eigenvalue weighted by atomic mass is 32.2. The molecule has 0 bridgehead atoms. The zero-order chi connectivity index (χ0) is 20.9. The molecule has 0 unspecified atom stereocenters. The third kappa shape index (κ3) is 4.40. The molecule has 0 aromatic heterocycles. The van der Waals surface area contributed by atoms with Gasteiger partial charge in [-0.15, -0.1) is 0 Å². The van der Waals surface area contributed by atoms with Gasteiger partial charge in [0, 0.05) is 5.56 Å². The number of nitrogens with zero attached hydrogens (tertiary/aromatic N) is 1. The molecule has 30 heavy (non-hydrogen) atoms. The van der Waals surface area contributed by atoms with E-state index in [1.54, 1.807) is 12.0 Å². The second-order valence-electron chi connectivity index (χ2n) is 6.53. The lowest BCUT2D eigenvalue weighted by Gasteiger charge is -2.14. The first kappa shape index (κ1) is 20.2. The average molecular weight is 434 g/mol. The minimum Gasteiger partial charge on any atom is -0.497 e. The lowest BCUT2D eigenvalue weighted by atomic mass is 10.1. The fourth-order valence-electron chi connectivity index (χ4n) is 3.03. The van der Waals surface area contributed by atoms with Crippen molar-refractivity contribution in [2.24, 2.45) is 0 Å². The maximum atomic E-state index is 13.0. The summed E-state index contributed by atoms with van der Waals surface area (Å²) in [6, 6.07) is 24.9. The Kier molecular flexibility index (Phi) is 6.16. The molecule has 1 aliphatic heterocycles. The molecule has 0 aliphatic carbocycles. The van der Waals surface area contributed by atoms with E-state index in [0.29, 0.717) is 15.8 Å². The van der Waals surface area contributed by atoms with Gasteiger partial charge >= 0.3 is 0 Å². The molecule has 6 heteroatoms. The van der Waals surface area contributed by atoms with Crippen LogP contribution in [0.3, 0.4) is 0 Å². The molecule has 4 nitrogen and oxygen atoms in total. The number of methoxy groups -OCH3 is 1. The summed E-state index contributed by atoms with van der Waals surface area (Å²) in [6.07, 6.45) is 1.84. The van der Waals surface area contributed by atoms with Crippen LogP contribution in [0, 0.1) is 0 Å². The number of amides is 1. The van der Waals surface area contributed by atoms with Crippen LogP contribution in [0.15, 0.2) is 83.8 Å². The summed E-state index contributed by atoms with van der Waals surface area (Å²) in [5, 5.41) is 0. The van der Waals surface area contributed by atoms with E-state index in [4.69, 9.17) is 21.7 Å². The number of carbonyl (C=O) groups excluding carboxylic acids is 1. The number of carbonyl (C=O) groups is 1. The predicted octanol–water partition coefficient (Wildman–Crippen LogP) is 5.68. The monoisotopic (exact) mass is 433 g/mol. The number of para-hydroxylation sites is 1. The maximum absolute atomic E-state index is 13.0. The van der Waals surface area contributed by atoms with Crippen LogP contribution >= 0.6 is 24.0 Å². The molecule has 4 rings (SSSR count). The highest BCUT2D eigenvalue weighted by Crippen LogP contribution is 2.37. The largest absolute Gasteiger partial charge is 0.497 e. The van der Waals surface area contributed by atoms with E-state index < -0.39 is 0 Å². The lowest BCUT2D eigenvalue weighted by Crippen LogP contribution is -2.27. The van der Waals surface area contributed by atoms with Gasteiger partial charge in [-0.1, -0.05) is 72.5 Å². The molecule has 150 valence electrons. The van der Waals surface area contributed by atoms with Gasteiger partial charge in [0.05, 0.1) is 17.7 Å². The molecule has 1 aliphatic rings. The van der Waals surface area contributed by atoms with Gasteiger partial charge in [0.25, 0.3) is 5.91 Å². The molecular weight excluding hydrogens is 414 g/mol. The summed E-state index contributed by atoms with van der Waals surface area (Å²) in [4.78, 5) is 15.1. The van der Waals surface area contributed by atoms with Crippen molar-refractivity contribution < 1.29 is 14.3 Å². The van der Waals surface area contributed by atoms with Crippen molar-refractivity contribution in [1.82, 2.24) is 0 Å². The summed E-state index contributed by atoms with van der Waals surface area (Å²) in [7, 11) is 1.61. The van der Waals surface area contributed by atoms with E-state index in [-0.39, 0.29) is 5.91 Å². The van der Waals surface area contributed by atoms with Crippen LogP contribution in [0.25, 0.3) is 6.08 Å². The Morgan fingerprint density at radius 1 is 0.967 bits per heavy atom. The van der Waals surface area contributed by atoms with Crippen LogP contribution in [-0.2, 0) is 11.4 Å². The Morgan fingerprint density at radius 3 is 2.40 bits per heavy atom. The van der Waals surface area contributed by atoms with E-state index >= 15 is 0 Å². The van der Waals surface area contributed by atoms with Crippen LogP contribution in [0.5, 0.6) is 11.5 Å². The quantitative estimate of drug-likeness (QED) is 0.369. The van der Waals surface area contributed by atoms with Crippen LogP contribution in [0.4, 0.5) is 5.69 Å². The van der Waals surface area contributed by atoms with Crippen LogP contribution < -0.4 is 14.4 Å². The van der Waals surface area contributed by atoms with Crippen molar-refractivity contribution in [2.45, 2.75) is 6.61 Å². The summed E-state index contributed by atoms with van der Waals surface area (Å²) >= 11 is 6.75. The standard InChI is InChI=1S/C24H19NO3S2/c1-27-20-13-11-19(12-14-20)25-23(26)22(30-24(25)29)15-18-9-5-6-10-21(18)28-16-17-7-3-2-4-8-17/h2-15H,16H2,1H3/b22-15-. The molecule has 0 spiro atoms. The van der Waals surface area contributed by atoms with Gasteiger partial charge in [0.1, 0.15) is 18.1 Å². The summed E-state index contributed by atoms with van der Waals surface area (Å²) < 4.78 is 11.7. The van der Waals surface area contributed by atoms with Gasteiger partial charge < -0.3 is 9.47 Å². The second-order valence-corrected chi connectivity index (χ2v) is 8.20. The number of thiocarbonyl (C=S) groups is 1. The first-order chi connectivity index (χ1) is 14.7. The highest BCUT2D eigenvalue weighted by Gasteiger charge is 2.33. The number of hydrogen-bond donors (Lipinski definition) is 0. The minimum absolute atomic E-state index is 0.145. The first-order valence-electron chi connectivity index (χ1n) is 9.33. The SMILES string of the molecule is COc1ccc(N2C(=O)/C(=C/c3ccccc3OCc3ccccc3)SC2=S)cc1. The van der Waals surface area contributed by atoms with Gasteiger partial charge in [-0.2, -0.15) is 0 Å². The average Bonchev–Trinajstić information content (AvgIpc) is 3.06. The van der Waals surface area contributed by atoms with E-state index in [9.17, 15) is 4.79 Å². The predicted molar refractivity (Wildman–Crippen MR) is 126 cm³/mol. The smallest absolute Gasteiger partial charge is 0.270 e. The van der Waals surface area contributed by atoms with Crippen molar-refractivity contribution in [2.75, 3.05) is 12.0 Å². The topological polar surface area (TPSA) is 38.8 Å². The van der Waals surface area contributed by atoms with Crippen LogP contribution in [0.2, 0.25) is 0 Å². The summed E-state index contributed by atoms with van der Waals surface area (Å²) in [5.74, 6) is 1.30. The van der Waals surface area contributed by atoms with Gasteiger partial charge in [-0.3, -0.25) is 9.69 Å². The second kappa shape index (κ2) is 9.15. The Morgan fingerprint density at radius 2 is 1.67 bits per heavy atom. The van der Waals surface area contributed by atoms with Crippen molar-refractivity contribution >= 4 is 46.0 Å². The van der Waals surface area contributed by atoms with Gasteiger partial charge in [-0.25, -0.2) is 0 Å². The third-order valence-corrected chi connectivity index (χ3v) is 5.87. The van der Waals surface area contributed by atoms with E-state index in [1.807, 2.05) is 84.9 Å². The first-order valence-corrected chi connectivity index (χ1v) is 10.6. The molecule has 1 fully saturated rings. The van der Waals surface area contributed by atoms with Crippen molar-refractivity contribution in [3.63, 3.8) is 0 Å². The van der Waals surface area contributed by atoms with Gasteiger partial charge in [0.15, 0.2) is 4.32 Å². The number of benzene rings is 3. The Hall–Kier alpha value is -3.09. The molecular formula is C24H19NO3S2. The summed E-state index contributed by atoms with van der Waals surface area (Å²) in [5.41, 5.74) is 2.64. The Balaban J connectivity index is 1.56. The van der Waals surface area contributed by atoms with E-state index in [2.05, 4.69) is 0 Å². The van der Waals surface area contributed by atoms with Crippen molar-refractivity contribution in [3.8, 4) is 11.5 Å². The molecule has 3 aromatic rings. The molecule has 0 atom stereocenters. The molecule has 1 heterocycles. The zero-order valence-corrected chi connectivity index (χ0v) is 17.9. The highest BCUT2D eigenvalue weighted by molar-refractivity contribution is 8.27. The Labute approximate surface area is 185 Å². The van der Waals surface area contributed by atoms with Crippen LogP contribution in [0.1, 0.15) is 11.1 Å². The van der Waals surface area contributed by atoms with Crippen molar-refractivity contribution in [1.29, 1.82) is 0 Å². The van der Waals surface area contributed by atoms with E-state index in [1.165, 1.54) is 11.8 Å². The minimum atomic E-state index is -0.145. The number of anilines is 1. The number of ether oxygens (including phenoxy) is 2. The third-order valence-electron chi connectivity index (χ3n) is 4.57.